The van der Waals surface area contributed by atoms with E-state index < -0.39 is 5.92 Å². The van der Waals surface area contributed by atoms with Crippen LogP contribution in [0.15, 0.2) is 42.6 Å². The fraction of sp³-hybridized carbons (Fsp3) is 0.250. The van der Waals surface area contributed by atoms with Crippen LogP contribution in [0.4, 0.5) is 0 Å². The molecule has 0 unspecified atom stereocenters. The fourth-order valence-corrected chi connectivity index (χ4v) is 2.64. The Labute approximate surface area is 111 Å². The number of ketones is 2. The van der Waals surface area contributed by atoms with Crippen molar-refractivity contribution in [3.63, 3.8) is 0 Å². The first-order valence-corrected chi connectivity index (χ1v) is 6.55. The molecule has 1 fully saturated rings. The minimum atomic E-state index is -0.553. The Morgan fingerprint density at radius 2 is 1.68 bits per heavy atom. The topological polar surface area (TPSA) is 49.9 Å². The Balaban J connectivity index is 1.93. The number of nitrogens with one attached hydrogen (secondary N) is 1. The molecule has 1 aromatic heterocycles. The van der Waals surface area contributed by atoms with Gasteiger partial charge in [0.2, 0.25) is 0 Å². The Kier molecular flexibility index (Phi) is 3.03. The normalized spacial score (nSPS) is 16.8. The molecular weight excluding hydrogens is 238 g/mol. The predicted octanol–water partition coefficient (Wildman–Crippen LogP) is 3.09. The molecule has 1 saturated carbocycles. The van der Waals surface area contributed by atoms with Crippen LogP contribution in [-0.2, 0) is 9.59 Å². The summed E-state index contributed by atoms with van der Waals surface area (Å²) in [5, 5.41) is 0. The summed E-state index contributed by atoms with van der Waals surface area (Å²) in [6, 6.07) is 11.8. The molecule has 2 aromatic rings. The third-order valence-corrected chi connectivity index (χ3v) is 3.61. The van der Waals surface area contributed by atoms with E-state index in [4.69, 9.17) is 0 Å². The van der Waals surface area contributed by atoms with E-state index in [0.29, 0.717) is 19.3 Å². The predicted molar refractivity (Wildman–Crippen MR) is 72.8 cm³/mol. The lowest BCUT2D eigenvalue weighted by Crippen LogP contribution is -2.26. The van der Waals surface area contributed by atoms with E-state index in [2.05, 4.69) is 4.98 Å². The summed E-state index contributed by atoms with van der Waals surface area (Å²) >= 11 is 0. The highest BCUT2D eigenvalue weighted by Gasteiger charge is 2.31. The van der Waals surface area contributed by atoms with Gasteiger partial charge in [-0.15, -0.1) is 0 Å². The maximum atomic E-state index is 11.9. The van der Waals surface area contributed by atoms with Crippen LogP contribution in [0.25, 0.3) is 11.3 Å². The zero-order valence-electron chi connectivity index (χ0n) is 10.6. The first-order chi connectivity index (χ1) is 9.25. The van der Waals surface area contributed by atoms with Crippen LogP contribution in [0, 0.1) is 0 Å². The zero-order valence-corrected chi connectivity index (χ0v) is 10.6. The van der Waals surface area contributed by atoms with E-state index in [-0.39, 0.29) is 11.6 Å². The number of H-pyrrole nitrogens is 1. The SMILES string of the molecule is O=C1CCCC(=O)C1c1c[nH]c(-c2ccccc2)c1. The molecule has 0 aliphatic heterocycles. The molecule has 3 nitrogen and oxygen atoms in total. The molecule has 1 aliphatic carbocycles. The number of benzene rings is 1. The molecule has 0 saturated heterocycles. The van der Waals surface area contributed by atoms with Crippen molar-refractivity contribution in [2.75, 3.05) is 0 Å². The van der Waals surface area contributed by atoms with Crippen LogP contribution in [0.2, 0.25) is 0 Å². The van der Waals surface area contributed by atoms with Crippen LogP contribution in [-0.4, -0.2) is 16.6 Å². The lowest BCUT2D eigenvalue weighted by molar-refractivity contribution is -0.131. The molecule has 1 heterocycles. The van der Waals surface area contributed by atoms with Gasteiger partial charge >= 0.3 is 0 Å². The highest BCUT2D eigenvalue weighted by molar-refractivity contribution is 6.09. The molecule has 0 amide bonds. The number of rotatable bonds is 2. The Hall–Kier alpha value is -2.16. The van der Waals surface area contributed by atoms with E-state index in [0.717, 1.165) is 16.8 Å². The van der Waals surface area contributed by atoms with Gasteiger partial charge in [0.15, 0.2) is 0 Å². The van der Waals surface area contributed by atoms with E-state index >= 15 is 0 Å². The molecule has 3 heteroatoms. The number of Topliss-reactive ketones (excluding diaryl/α,β-unsaturated/α-hetero) is 2. The molecule has 0 atom stereocenters. The second-order valence-corrected chi connectivity index (χ2v) is 4.93. The molecule has 0 bridgehead atoms. The second-order valence-electron chi connectivity index (χ2n) is 4.93. The summed E-state index contributed by atoms with van der Waals surface area (Å²) in [5.74, 6) is -0.452. The van der Waals surface area contributed by atoms with Crippen LogP contribution in [0.3, 0.4) is 0 Å². The molecular formula is C16H15NO2. The molecule has 1 aliphatic rings. The monoisotopic (exact) mass is 253 g/mol. The Morgan fingerprint density at radius 1 is 1.00 bits per heavy atom. The highest BCUT2D eigenvalue weighted by Crippen LogP contribution is 2.30. The van der Waals surface area contributed by atoms with E-state index in [1.54, 1.807) is 6.20 Å². The first-order valence-electron chi connectivity index (χ1n) is 6.55. The Morgan fingerprint density at radius 3 is 2.37 bits per heavy atom. The highest BCUT2D eigenvalue weighted by atomic mass is 16.2. The second kappa shape index (κ2) is 4.84. The fourth-order valence-electron chi connectivity index (χ4n) is 2.64. The smallest absolute Gasteiger partial charge is 0.147 e. The van der Waals surface area contributed by atoms with E-state index in [1.807, 2.05) is 36.4 Å². The molecule has 0 spiro atoms. The van der Waals surface area contributed by atoms with Gasteiger partial charge < -0.3 is 4.98 Å². The van der Waals surface area contributed by atoms with Crippen molar-refractivity contribution in [3.8, 4) is 11.3 Å². The van der Waals surface area contributed by atoms with Gasteiger partial charge in [-0.25, -0.2) is 0 Å². The van der Waals surface area contributed by atoms with Crippen molar-refractivity contribution in [2.45, 2.75) is 25.2 Å². The third kappa shape index (κ3) is 2.24. The summed E-state index contributed by atoms with van der Waals surface area (Å²) in [6.07, 6.45) is 3.52. The van der Waals surface area contributed by atoms with Gasteiger partial charge in [-0.05, 0) is 23.6 Å². The van der Waals surface area contributed by atoms with Crippen LogP contribution in [0.5, 0.6) is 0 Å². The molecule has 19 heavy (non-hydrogen) atoms. The van der Waals surface area contributed by atoms with Gasteiger partial charge in [0.25, 0.3) is 0 Å². The standard InChI is InChI=1S/C16H15NO2/c18-14-7-4-8-15(19)16(14)12-9-13(17-10-12)11-5-2-1-3-6-11/h1-3,5-6,9-10,16-17H,4,7-8H2. The number of carbonyl (C=O) groups is 2. The summed E-state index contributed by atoms with van der Waals surface area (Å²) in [4.78, 5) is 27.0. The average Bonchev–Trinajstić information content (AvgIpc) is 2.89. The van der Waals surface area contributed by atoms with Crippen molar-refractivity contribution in [1.29, 1.82) is 0 Å². The lowest BCUT2D eigenvalue weighted by atomic mass is 9.83. The first kappa shape index (κ1) is 11.9. The third-order valence-electron chi connectivity index (χ3n) is 3.61. The van der Waals surface area contributed by atoms with Gasteiger partial charge in [0.05, 0.1) is 0 Å². The van der Waals surface area contributed by atoms with Gasteiger partial charge in [-0.2, -0.15) is 0 Å². The average molecular weight is 253 g/mol. The number of hydrogen-bond acceptors (Lipinski definition) is 2. The molecule has 96 valence electrons. The molecule has 3 rings (SSSR count). The largest absolute Gasteiger partial charge is 0.361 e. The van der Waals surface area contributed by atoms with Crippen molar-refractivity contribution in [3.05, 3.63) is 48.2 Å². The van der Waals surface area contributed by atoms with Gasteiger partial charge in [-0.3, -0.25) is 9.59 Å². The lowest BCUT2D eigenvalue weighted by Gasteiger charge is -2.17. The number of aromatic nitrogens is 1. The van der Waals surface area contributed by atoms with Gasteiger partial charge in [0.1, 0.15) is 17.5 Å². The minimum Gasteiger partial charge on any atom is -0.361 e. The van der Waals surface area contributed by atoms with Crippen molar-refractivity contribution in [2.24, 2.45) is 0 Å². The van der Waals surface area contributed by atoms with Crippen LogP contribution < -0.4 is 0 Å². The van der Waals surface area contributed by atoms with Gasteiger partial charge in [-0.1, -0.05) is 30.3 Å². The van der Waals surface area contributed by atoms with Crippen LogP contribution >= 0.6 is 0 Å². The van der Waals surface area contributed by atoms with E-state index in [1.165, 1.54) is 0 Å². The summed E-state index contributed by atoms with van der Waals surface area (Å²) in [5.41, 5.74) is 2.81. The molecule has 1 aromatic carbocycles. The molecule has 1 N–H and O–H groups in total. The van der Waals surface area contributed by atoms with Gasteiger partial charge in [0, 0.05) is 24.7 Å². The van der Waals surface area contributed by atoms with Crippen molar-refractivity contribution < 1.29 is 9.59 Å². The quantitative estimate of drug-likeness (QED) is 0.836. The summed E-state index contributed by atoms with van der Waals surface area (Å²) < 4.78 is 0. The minimum absolute atomic E-state index is 0.0508. The zero-order chi connectivity index (χ0) is 13.2. The summed E-state index contributed by atoms with van der Waals surface area (Å²) in [7, 11) is 0. The maximum absolute atomic E-state index is 11.9. The number of hydrogen-bond donors (Lipinski definition) is 1. The number of carbonyl (C=O) groups excluding carboxylic acids is 2. The molecule has 0 radical (unpaired) electrons. The van der Waals surface area contributed by atoms with Crippen molar-refractivity contribution >= 4 is 11.6 Å². The van der Waals surface area contributed by atoms with Crippen LogP contribution in [0.1, 0.15) is 30.7 Å². The number of aromatic amines is 1. The maximum Gasteiger partial charge on any atom is 0.147 e. The van der Waals surface area contributed by atoms with Crippen molar-refractivity contribution in [1.82, 2.24) is 4.98 Å². The van der Waals surface area contributed by atoms with E-state index in [9.17, 15) is 9.59 Å². The summed E-state index contributed by atoms with van der Waals surface area (Å²) in [6.45, 7) is 0. The Bertz CT molecular complexity index is 597.